The van der Waals surface area contributed by atoms with Gasteiger partial charge in [-0.3, -0.25) is 9.69 Å². The molecule has 2 heterocycles. The number of aliphatic hydroxyl groups is 1. The highest BCUT2D eigenvalue weighted by Gasteiger charge is 2.25. The zero-order chi connectivity index (χ0) is 17.8. The quantitative estimate of drug-likeness (QED) is 0.868. The van der Waals surface area contributed by atoms with Gasteiger partial charge in [-0.05, 0) is 23.8 Å². The molecule has 1 atom stereocenters. The van der Waals surface area contributed by atoms with Crippen LogP contribution in [0.3, 0.4) is 0 Å². The fourth-order valence-electron chi connectivity index (χ4n) is 2.96. The molecule has 132 valence electrons. The number of hydrogen-bond donors (Lipinski definition) is 2. The lowest BCUT2D eigenvalue weighted by Gasteiger charge is -2.21. The third-order valence-electron chi connectivity index (χ3n) is 4.25. The normalized spacial score (nSPS) is 18.8. The minimum absolute atomic E-state index is 0.152. The van der Waals surface area contributed by atoms with Crippen molar-refractivity contribution in [3.63, 3.8) is 0 Å². The highest BCUT2D eigenvalue weighted by atomic mass is 16.4. The Morgan fingerprint density at radius 1 is 1.08 bits per heavy atom. The zero-order valence-corrected chi connectivity index (χ0v) is 13.7. The van der Waals surface area contributed by atoms with Crippen LogP contribution in [-0.2, 0) is 6.54 Å². The summed E-state index contributed by atoms with van der Waals surface area (Å²) in [7, 11) is 0. The van der Waals surface area contributed by atoms with Crippen molar-refractivity contribution in [3.05, 3.63) is 59.5 Å². The molecule has 7 heteroatoms. The summed E-state index contributed by atoms with van der Waals surface area (Å²) in [5.41, 5.74) is 1.69. The smallest absolute Gasteiger partial charge is 0.335 e. The first-order valence-electron chi connectivity index (χ1n) is 8.07. The number of carboxylic acid groups (broad SMARTS) is 1. The highest BCUT2D eigenvalue weighted by Crippen LogP contribution is 2.13. The van der Waals surface area contributed by atoms with Gasteiger partial charge in [0, 0.05) is 32.7 Å². The van der Waals surface area contributed by atoms with Crippen molar-refractivity contribution in [2.75, 3.05) is 26.2 Å². The number of carbonyl (C=O) groups excluding carboxylic acids is 1. The van der Waals surface area contributed by atoms with Crippen LogP contribution >= 0.6 is 0 Å². The SMILES string of the molecule is O=C(O)c1ccc(CN2CCN(C(=O)c3ccoc3)CC(O)C2)cc1. The second kappa shape index (κ2) is 7.50. The van der Waals surface area contributed by atoms with Gasteiger partial charge in [-0.2, -0.15) is 0 Å². The van der Waals surface area contributed by atoms with Crippen LogP contribution in [-0.4, -0.2) is 64.2 Å². The van der Waals surface area contributed by atoms with Crippen molar-refractivity contribution >= 4 is 11.9 Å². The van der Waals surface area contributed by atoms with Gasteiger partial charge in [-0.25, -0.2) is 4.79 Å². The fourth-order valence-corrected chi connectivity index (χ4v) is 2.96. The average Bonchev–Trinajstić information content (AvgIpc) is 3.06. The Balaban J connectivity index is 1.63. The molecule has 25 heavy (non-hydrogen) atoms. The molecule has 1 aromatic heterocycles. The van der Waals surface area contributed by atoms with Gasteiger partial charge >= 0.3 is 5.97 Å². The molecule has 1 amide bonds. The summed E-state index contributed by atoms with van der Waals surface area (Å²) in [5, 5.41) is 19.2. The standard InChI is InChI=1S/C18H20N2O5/c21-16-10-19(9-13-1-3-14(4-2-13)18(23)24)6-7-20(11-16)17(22)15-5-8-25-12-15/h1-5,8,12,16,21H,6-7,9-11H2,(H,23,24). The summed E-state index contributed by atoms with van der Waals surface area (Å²) in [6.07, 6.45) is 2.22. The summed E-state index contributed by atoms with van der Waals surface area (Å²) >= 11 is 0. The first-order chi connectivity index (χ1) is 12.0. The largest absolute Gasteiger partial charge is 0.478 e. The van der Waals surface area contributed by atoms with E-state index in [0.717, 1.165) is 5.56 Å². The number of aromatic carboxylic acids is 1. The Hall–Kier alpha value is -2.64. The Bertz CT molecular complexity index is 726. The summed E-state index contributed by atoms with van der Waals surface area (Å²) in [6, 6.07) is 8.30. The Morgan fingerprint density at radius 2 is 1.84 bits per heavy atom. The number of benzene rings is 1. The van der Waals surface area contributed by atoms with E-state index in [-0.39, 0.29) is 18.0 Å². The van der Waals surface area contributed by atoms with Crippen molar-refractivity contribution in [3.8, 4) is 0 Å². The molecule has 0 radical (unpaired) electrons. The molecule has 1 aromatic carbocycles. The van der Waals surface area contributed by atoms with Crippen molar-refractivity contribution < 1.29 is 24.2 Å². The molecule has 3 rings (SSSR count). The molecule has 1 aliphatic rings. The molecule has 1 aliphatic heterocycles. The molecule has 2 aromatic rings. The third-order valence-corrected chi connectivity index (χ3v) is 4.25. The van der Waals surface area contributed by atoms with Crippen LogP contribution < -0.4 is 0 Å². The van der Waals surface area contributed by atoms with Gasteiger partial charge in [0.2, 0.25) is 0 Å². The first-order valence-corrected chi connectivity index (χ1v) is 8.07. The lowest BCUT2D eigenvalue weighted by Crippen LogP contribution is -2.37. The summed E-state index contributed by atoms with van der Waals surface area (Å²) in [6.45, 7) is 2.45. The fraction of sp³-hybridized carbons (Fsp3) is 0.333. The van der Waals surface area contributed by atoms with Crippen molar-refractivity contribution in [2.45, 2.75) is 12.6 Å². The van der Waals surface area contributed by atoms with Crippen LogP contribution in [0.1, 0.15) is 26.3 Å². The summed E-state index contributed by atoms with van der Waals surface area (Å²) in [4.78, 5) is 27.0. The average molecular weight is 344 g/mol. The third kappa shape index (κ3) is 4.26. The Labute approximate surface area is 145 Å². The number of β-amino-alcohol motifs (C(OH)–C–C–N with tert-alkyl or cyclic N) is 1. The van der Waals surface area contributed by atoms with E-state index < -0.39 is 12.1 Å². The van der Waals surface area contributed by atoms with E-state index in [1.54, 1.807) is 35.2 Å². The van der Waals surface area contributed by atoms with E-state index in [4.69, 9.17) is 9.52 Å². The summed E-state index contributed by atoms with van der Waals surface area (Å²) < 4.78 is 4.95. The van der Waals surface area contributed by atoms with E-state index in [1.807, 2.05) is 0 Å². The second-order valence-electron chi connectivity index (χ2n) is 6.15. The number of carboxylic acids is 1. The maximum atomic E-state index is 12.4. The Morgan fingerprint density at radius 3 is 2.48 bits per heavy atom. The van der Waals surface area contributed by atoms with Crippen LogP contribution in [0.2, 0.25) is 0 Å². The van der Waals surface area contributed by atoms with E-state index in [2.05, 4.69) is 4.90 Å². The van der Waals surface area contributed by atoms with Gasteiger partial charge in [0.15, 0.2) is 0 Å². The number of aliphatic hydroxyl groups excluding tert-OH is 1. The van der Waals surface area contributed by atoms with Crippen LogP contribution in [0, 0.1) is 0 Å². The van der Waals surface area contributed by atoms with Gasteiger partial charge in [0.1, 0.15) is 6.26 Å². The number of nitrogens with zero attached hydrogens (tertiary/aromatic N) is 2. The predicted molar refractivity (Wildman–Crippen MR) is 89.3 cm³/mol. The number of rotatable bonds is 4. The number of furan rings is 1. The van der Waals surface area contributed by atoms with Crippen molar-refractivity contribution in [2.24, 2.45) is 0 Å². The molecule has 1 unspecified atom stereocenters. The number of amides is 1. The van der Waals surface area contributed by atoms with Gasteiger partial charge in [0.05, 0.1) is 23.5 Å². The van der Waals surface area contributed by atoms with Gasteiger partial charge in [-0.1, -0.05) is 12.1 Å². The minimum Gasteiger partial charge on any atom is -0.478 e. The monoisotopic (exact) mass is 344 g/mol. The van der Waals surface area contributed by atoms with E-state index in [1.165, 1.54) is 12.5 Å². The van der Waals surface area contributed by atoms with Gasteiger partial charge in [0.25, 0.3) is 5.91 Å². The van der Waals surface area contributed by atoms with Crippen molar-refractivity contribution in [1.82, 2.24) is 9.80 Å². The lowest BCUT2D eigenvalue weighted by molar-refractivity contribution is 0.0661. The minimum atomic E-state index is -0.954. The molecule has 2 N–H and O–H groups in total. The van der Waals surface area contributed by atoms with Crippen LogP contribution in [0.25, 0.3) is 0 Å². The first kappa shape index (κ1) is 17.2. The lowest BCUT2D eigenvalue weighted by atomic mass is 10.1. The summed E-state index contributed by atoms with van der Waals surface area (Å²) in [5.74, 6) is -1.11. The molecular weight excluding hydrogens is 324 g/mol. The molecule has 1 fully saturated rings. The maximum absolute atomic E-state index is 12.4. The highest BCUT2D eigenvalue weighted by molar-refractivity contribution is 5.93. The van der Waals surface area contributed by atoms with E-state index >= 15 is 0 Å². The Kier molecular flexibility index (Phi) is 5.16. The molecule has 0 bridgehead atoms. The molecule has 1 saturated heterocycles. The van der Waals surface area contributed by atoms with Gasteiger partial charge < -0.3 is 19.5 Å². The molecule has 0 aliphatic carbocycles. The predicted octanol–water partition coefficient (Wildman–Crippen LogP) is 1.30. The number of hydrogen-bond acceptors (Lipinski definition) is 5. The molecule has 0 spiro atoms. The van der Waals surface area contributed by atoms with Gasteiger partial charge in [-0.15, -0.1) is 0 Å². The van der Waals surface area contributed by atoms with Crippen LogP contribution in [0.15, 0.2) is 47.3 Å². The zero-order valence-electron chi connectivity index (χ0n) is 13.7. The van der Waals surface area contributed by atoms with Crippen LogP contribution in [0.4, 0.5) is 0 Å². The number of carbonyl (C=O) groups is 2. The second-order valence-corrected chi connectivity index (χ2v) is 6.15. The molecule has 7 nitrogen and oxygen atoms in total. The molecule has 0 saturated carbocycles. The topological polar surface area (TPSA) is 94.2 Å². The van der Waals surface area contributed by atoms with E-state index in [9.17, 15) is 14.7 Å². The molecular formula is C18H20N2O5. The van der Waals surface area contributed by atoms with Crippen LogP contribution in [0.5, 0.6) is 0 Å². The van der Waals surface area contributed by atoms with Crippen molar-refractivity contribution in [1.29, 1.82) is 0 Å². The van der Waals surface area contributed by atoms with E-state index in [0.29, 0.717) is 31.7 Å². The maximum Gasteiger partial charge on any atom is 0.335 e.